The number of aliphatic imine (C=N–C) groups is 2. The summed E-state index contributed by atoms with van der Waals surface area (Å²) in [7, 11) is 9.53. The van der Waals surface area contributed by atoms with Gasteiger partial charge in [0.1, 0.15) is 0 Å². The Morgan fingerprint density at radius 1 is 0.473 bits per heavy atom. The summed E-state index contributed by atoms with van der Waals surface area (Å²) in [5.74, 6) is 1.28. The van der Waals surface area contributed by atoms with Crippen LogP contribution in [0.15, 0.2) is 88.8 Å². The van der Waals surface area contributed by atoms with Crippen LogP contribution in [0.2, 0.25) is 0 Å². The molecule has 1 heterocycles. The van der Waals surface area contributed by atoms with E-state index in [1.807, 2.05) is 0 Å². The molecule has 6 heteroatoms. The quantitative estimate of drug-likeness (QED) is 0.102. The summed E-state index contributed by atoms with van der Waals surface area (Å²) in [5, 5.41) is 0. The van der Waals surface area contributed by atoms with Gasteiger partial charge in [0.25, 0.3) is 0 Å². The van der Waals surface area contributed by atoms with Crippen molar-refractivity contribution in [3.63, 3.8) is 0 Å². The van der Waals surface area contributed by atoms with Crippen molar-refractivity contribution in [2.75, 3.05) is 0 Å². The second kappa shape index (κ2) is 19.6. The molecular formula is C49H59Cl2FeN3. The zero-order valence-electron chi connectivity index (χ0n) is 35.3. The van der Waals surface area contributed by atoms with Gasteiger partial charge < -0.3 is 0 Å². The van der Waals surface area contributed by atoms with Gasteiger partial charge in [0.05, 0.1) is 34.2 Å². The van der Waals surface area contributed by atoms with Crippen molar-refractivity contribution in [1.82, 2.24) is 4.98 Å². The predicted octanol–water partition coefficient (Wildman–Crippen LogP) is 15.1. The number of aromatic nitrogens is 1. The summed E-state index contributed by atoms with van der Waals surface area (Å²) in [6, 6.07) is 28.7. The SMILES string of the molecule is Cc1cc(C)c(C(=Nc2c(C(C)C)cccc2C(C)C)c2cccc(C(=Nc3c(C(C)C)cccc3C(C)C)c3c(C)cc(C)cc3C)n2)c(C)c1.[Cl][Fe][Cl]. The molecule has 0 spiro atoms. The average Bonchev–Trinajstić information content (AvgIpc) is 3.10. The van der Waals surface area contributed by atoms with Crippen LogP contribution in [-0.2, 0) is 13.1 Å². The molecule has 0 amide bonds. The van der Waals surface area contributed by atoms with E-state index in [2.05, 4.69) is 176 Å². The van der Waals surface area contributed by atoms with E-state index in [0.29, 0.717) is 23.7 Å². The number of hydrogen-bond acceptors (Lipinski definition) is 3. The number of halogens is 2. The molecule has 0 aliphatic rings. The van der Waals surface area contributed by atoms with E-state index in [9.17, 15) is 0 Å². The van der Waals surface area contributed by atoms with Crippen LogP contribution in [-0.4, -0.2) is 16.4 Å². The molecule has 5 rings (SSSR count). The van der Waals surface area contributed by atoms with Crippen molar-refractivity contribution >= 4 is 43.0 Å². The summed E-state index contributed by atoms with van der Waals surface area (Å²) in [5.41, 5.74) is 20.2. The molecule has 0 aliphatic carbocycles. The Hall–Kier alpha value is -3.53. The van der Waals surface area contributed by atoms with Crippen molar-refractivity contribution in [3.8, 4) is 0 Å². The monoisotopic (exact) mass is 815 g/mol. The Kier molecular flexibility index (Phi) is 15.7. The summed E-state index contributed by atoms with van der Waals surface area (Å²) < 4.78 is 0. The third-order valence-electron chi connectivity index (χ3n) is 10.2. The van der Waals surface area contributed by atoms with Crippen LogP contribution in [0.3, 0.4) is 0 Å². The van der Waals surface area contributed by atoms with E-state index in [4.69, 9.17) is 35.2 Å². The topological polar surface area (TPSA) is 37.6 Å². The maximum absolute atomic E-state index is 5.69. The first-order valence-corrected chi connectivity index (χ1v) is 22.5. The van der Waals surface area contributed by atoms with Crippen molar-refractivity contribution < 1.29 is 13.1 Å². The fourth-order valence-corrected chi connectivity index (χ4v) is 7.79. The Bertz CT molecular complexity index is 1940. The van der Waals surface area contributed by atoms with Crippen molar-refractivity contribution in [3.05, 3.63) is 157 Å². The zero-order chi connectivity index (χ0) is 40.7. The standard InChI is InChI=1S/C49H59N3.2ClH.Fe/c1-28(2)38-18-15-19-39(29(3)4)46(38)51-48(44-34(11)24-32(9)25-35(44)12)42-22-17-23-43(50-42)49(45-36(13)26-33(10)27-37(45)14)52-47-40(30(5)6)20-16-21-41(47)31(7)8;;;/h15-31H,1-14H3;2*1H;/q;;;+2/p-2. The van der Waals surface area contributed by atoms with Crippen LogP contribution in [0.5, 0.6) is 0 Å². The van der Waals surface area contributed by atoms with E-state index < -0.39 is 0 Å². The Labute approximate surface area is 346 Å². The van der Waals surface area contributed by atoms with Crippen molar-refractivity contribution in [2.45, 2.75) is 121 Å². The van der Waals surface area contributed by atoms with Gasteiger partial charge in [0.15, 0.2) is 0 Å². The van der Waals surface area contributed by atoms with E-state index in [-0.39, 0.29) is 13.1 Å². The summed E-state index contributed by atoms with van der Waals surface area (Å²) >= 11 is 0.194. The second-order valence-corrected chi connectivity index (χ2v) is 17.9. The van der Waals surface area contributed by atoms with Crippen molar-refractivity contribution in [1.29, 1.82) is 0 Å². The van der Waals surface area contributed by atoms with Crippen LogP contribution < -0.4 is 0 Å². The molecule has 0 radical (unpaired) electrons. The molecule has 292 valence electrons. The molecule has 3 nitrogen and oxygen atoms in total. The van der Waals surface area contributed by atoms with Gasteiger partial charge in [-0.05, 0) is 122 Å². The van der Waals surface area contributed by atoms with Gasteiger partial charge in [-0.25, -0.2) is 15.0 Å². The summed E-state index contributed by atoms with van der Waals surface area (Å²) in [6.07, 6.45) is 0. The van der Waals surface area contributed by atoms with Crippen LogP contribution in [0, 0.1) is 41.5 Å². The minimum atomic E-state index is 0.194. The van der Waals surface area contributed by atoms with Crippen LogP contribution >= 0.6 is 20.2 Å². The summed E-state index contributed by atoms with van der Waals surface area (Å²) in [4.78, 5) is 16.9. The number of hydrogen-bond donors (Lipinski definition) is 0. The molecule has 0 saturated carbocycles. The van der Waals surface area contributed by atoms with E-state index in [1.165, 1.54) is 55.6 Å². The Morgan fingerprint density at radius 2 is 0.727 bits per heavy atom. The first kappa shape index (κ1) is 44.2. The Balaban J connectivity index is 0.00000217. The number of para-hydroxylation sites is 2. The van der Waals surface area contributed by atoms with Gasteiger partial charge in [-0.3, -0.25) is 0 Å². The van der Waals surface area contributed by atoms with Crippen molar-refractivity contribution in [2.24, 2.45) is 9.98 Å². The van der Waals surface area contributed by atoms with Crippen LogP contribution in [0.25, 0.3) is 0 Å². The molecule has 0 saturated heterocycles. The number of benzene rings is 4. The fourth-order valence-electron chi connectivity index (χ4n) is 7.79. The average molecular weight is 817 g/mol. The first-order valence-electron chi connectivity index (χ1n) is 19.4. The van der Waals surface area contributed by atoms with Crippen LogP contribution in [0.1, 0.15) is 157 Å². The molecule has 0 atom stereocenters. The molecule has 5 aromatic rings. The minimum absolute atomic E-state index is 0.194. The predicted molar refractivity (Wildman–Crippen MR) is 237 cm³/mol. The molecular weight excluding hydrogens is 757 g/mol. The molecule has 0 unspecified atom stereocenters. The molecule has 0 fully saturated rings. The van der Waals surface area contributed by atoms with E-state index in [0.717, 1.165) is 45.3 Å². The number of aryl methyl sites for hydroxylation is 6. The fraction of sp³-hybridized carbons (Fsp3) is 0.367. The first-order chi connectivity index (χ1) is 26.0. The van der Waals surface area contributed by atoms with Gasteiger partial charge in [0, 0.05) is 11.1 Å². The molecule has 55 heavy (non-hydrogen) atoms. The van der Waals surface area contributed by atoms with Crippen LogP contribution in [0.4, 0.5) is 11.4 Å². The maximum atomic E-state index is 5.69. The van der Waals surface area contributed by atoms with Gasteiger partial charge in [-0.1, -0.05) is 133 Å². The van der Waals surface area contributed by atoms with Gasteiger partial charge in [-0.15, -0.1) is 0 Å². The Morgan fingerprint density at radius 3 is 0.982 bits per heavy atom. The zero-order valence-corrected chi connectivity index (χ0v) is 37.9. The van der Waals surface area contributed by atoms with Gasteiger partial charge in [0.2, 0.25) is 0 Å². The van der Waals surface area contributed by atoms with Gasteiger partial charge >= 0.3 is 33.3 Å². The third-order valence-corrected chi connectivity index (χ3v) is 10.2. The second-order valence-electron chi connectivity index (χ2n) is 16.1. The van der Waals surface area contributed by atoms with Gasteiger partial charge in [-0.2, -0.15) is 0 Å². The molecule has 4 aromatic carbocycles. The molecule has 1 aromatic heterocycles. The molecule has 0 aliphatic heterocycles. The molecule has 0 bridgehead atoms. The third kappa shape index (κ3) is 10.5. The normalized spacial score (nSPS) is 12.3. The number of pyridine rings is 1. The van der Waals surface area contributed by atoms with E-state index >= 15 is 0 Å². The van der Waals surface area contributed by atoms with E-state index in [1.54, 1.807) is 0 Å². The summed E-state index contributed by atoms with van der Waals surface area (Å²) in [6.45, 7) is 31.2. The number of rotatable bonds is 10. The number of nitrogens with zero attached hydrogens (tertiary/aromatic N) is 3. The molecule has 0 N–H and O–H groups in total.